The van der Waals surface area contributed by atoms with Crippen LogP contribution in [0.1, 0.15) is 28.8 Å². The highest BCUT2D eigenvalue weighted by Gasteiger charge is 2.08. The van der Waals surface area contributed by atoms with Gasteiger partial charge in [0.1, 0.15) is 11.6 Å². The Labute approximate surface area is 121 Å². The second-order valence-electron chi connectivity index (χ2n) is 4.44. The number of aryl methyl sites for hydroxylation is 1. The number of rotatable bonds is 6. The van der Waals surface area contributed by atoms with E-state index in [2.05, 4.69) is 9.97 Å². The number of para-hydroxylation sites is 1. The molecule has 0 aliphatic rings. The zero-order valence-electron chi connectivity index (χ0n) is 11.6. The Balaban J connectivity index is 2.03. The number of aromatic nitrogens is 2. The van der Waals surface area contributed by atoms with Gasteiger partial charge in [-0.1, -0.05) is 25.1 Å². The van der Waals surface area contributed by atoms with E-state index in [-0.39, 0.29) is 5.69 Å². The quantitative estimate of drug-likeness (QED) is 0.843. The molecule has 0 unspecified atom stereocenters. The van der Waals surface area contributed by atoms with E-state index in [1.54, 1.807) is 0 Å². The minimum absolute atomic E-state index is 0.261. The first-order valence-corrected chi connectivity index (χ1v) is 6.64. The largest absolute Gasteiger partial charge is 0.493 e. The summed E-state index contributed by atoms with van der Waals surface area (Å²) in [6, 6.07) is 8.66. The molecule has 0 radical (unpaired) electrons. The standard InChI is InChI=1S/C15H16N2O4/c1-2-10-5-3-4-6-12(10)21-8-7-13-16-11(15(19)20)9-14(18)17-13/h3-6,9H,2,7-8H2,1H3,(H,19,20)(H,16,17,18). The molecule has 0 saturated carbocycles. The number of H-pyrrole nitrogens is 1. The van der Waals surface area contributed by atoms with Crippen LogP contribution >= 0.6 is 0 Å². The fourth-order valence-corrected chi connectivity index (χ4v) is 1.93. The number of carboxylic acid groups (broad SMARTS) is 1. The van der Waals surface area contributed by atoms with Crippen molar-refractivity contribution in [3.63, 3.8) is 0 Å². The summed E-state index contributed by atoms with van der Waals surface area (Å²) in [7, 11) is 0. The van der Waals surface area contributed by atoms with Gasteiger partial charge in [0.15, 0.2) is 5.69 Å². The van der Waals surface area contributed by atoms with Crippen LogP contribution < -0.4 is 10.3 Å². The average molecular weight is 288 g/mol. The highest BCUT2D eigenvalue weighted by molar-refractivity contribution is 5.85. The zero-order valence-corrected chi connectivity index (χ0v) is 11.6. The lowest BCUT2D eigenvalue weighted by Gasteiger charge is -2.09. The number of hydrogen-bond donors (Lipinski definition) is 2. The molecule has 21 heavy (non-hydrogen) atoms. The van der Waals surface area contributed by atoms with Crippen molar-refractivity contribution in [2.45, 2.75) is 19.8 Å². The Morgan fingerprint density at radius 1 is 1.38 bits per heavy atom. The van der Waals surface area contributed by atoms with Gasteiger partial charge in [0.05, 0.1) is 6.61 Å². The first-order valence-electron chi connectivity index (χ1n) is 6.64. The molecule has 0 spiro atoms. The molecule has 0 saturated heterocycles. The van der Waals surface area contributed by atoms with Crippen molar-refractivity contribution in [1.82, 2.24) is 9.97 Å². The number of carboxylic acids is 1. The minimum atomic E-state index is -1.22. The van der Waals surface area contributed by atoms with Crippen LogP contribution in [0.4, 0.5) is 0 Å². The lowest BCUT2D eigenvalue weighted by molar-refractivity contribution is 0.0689. The first-order chi connectivity index (χ1) is 10.1. The summed E-state index contributed by atoms with van der Waals surface area (Å²) in [4.78, 5) is 28.6. The summed E-state index contributed by atoms with van der Waals surface area (Å²) < 4.78 is 5.66. The van der Waals surface area contributed by atoms with Crippen molar-refractivity contribution >= 4 is 5.97 Å². The van der Waals surface area contributed by atoms with Crippen LogP contribution in [0.2, 0.25) is 0 Å². The van der Waals surface area contributed by atoms with Gasteiger partial charge in [-0.15, -0.1) is 0 Å². The van der Waals surface area contributed by atoms with E-state index < -0.39 is 11.5 Å². The monoisotopic (exact) mass is 288 g/mol. The summed E-state index contributed by atoms with van der Waals surface area (Å²) in [6.07, 6.45) is 1.19. The molecule has 0 amide bonds. The summed E-state index contributed by atoms with van der Waals surface area (Å²) in [6.45, 7) is 2.35. The molecule has 0 aliphatic carbocycles. The van der Waals surface area contributed by atoms with Crippen molar-refractivity contribution in [3.05, 3.63) is 57.8 Å². The fraction of sp³-hybridized carbons (Fsp3) is 0.267. The molecule has 6 heteroatoms. The number of aromatic carboxylic acids is 1. The molecule has 2 aromatic rings. The van der Waals surface area contributed by atoms with Gasteiger partial charge in [-0.2, -0.15) is 0 Å². The van der Waals surface area contributed by atoms with E-state index in [9.17, 15) is 9.59 Å². The summed E-state index contributed by atoms with van der Waals surface area (Å²) in [5, 5.41) is 8.86. The maximum absolute atomic E-state index is 11.3. The number of nitrogens with zero attached hydrogens (tertiary/aromatic N) is 1. The third-order valence-corrected chi connectivity index (χ3v) is 2.96. The van der Waals surface area contributed by atoms with E-state index in [1.807, 2.05) is 31.2 Å². The highest BCUT2D eigenvalue weighted by Crippen LogP contribution is 2.18. The third-order valence-electron chi connectivity index (χ3n) is 2.96. The van der Waals surface area contributed by atoms with Gasteiger partial charge >= 0.3 is 5.97 Å². The normalized spacial score (nSPS) is 10.3. The van der Waals surface area contributed by atoms with Crippen molar-refractivity contribution in [2.24, 2.45) is 0 Å². The summed E-state index contributed by atoms with van der Waals surface area (Å²) in [5.41, 5.74) is 0.354. The molecule has 1 aromatic carbocycles. The van der Waals surface area contributed by atoms with Crippen LogP contribution in [0.3, 0.4) is 0 Å². The number of hydrogen-bond acceptors (Lipinski definition) is 4. The van der Waals surface area contributed by atoms with Gasteiger partial charge in [-0.3, -0.25) is 4.79 Å². The van der Waals surface area contributed by atoms with Crippen molar-refractivity contribution in [3.8, 4) is 5.75 Å². The molecule has 0 fully saturated rings. The maximum Gasteiger partial charge on any atom is 0.354 e. The molecule has 0 bridgehead atoms. The Morgan fingerprint density at radius 3 is 2.86 bits per heavy atom. The predicted molar refractivity (Wildman–Crippen MR) is 76.8 cm³/mol. The van der Waals surface area contributed by atoms with Gasteiger partial charge in [0, 0.05) is 12.5 Å². The van der Waals surface area contributed by atoms with Crippen LogP contribution in [0.25, 0.3) is 0 Å². The Morgan fingerprint density at radius 2 is 2.14 bits per heavy atom. The number of aromatic amines is 1. The molecule has 2 N–H and O–H groups in total. The molecule has 6 nitrogen and oxygen atoms in total. The van der Waals surface area contributed by atoms with Gasteiger partial charge in [0.2, 0.25) is 0 Å². The molecule has 110 valence electrons. The van der Waals surface area contributed by atoms with Gasteiger partial charge < -0.3 is 14.8 Å². The number of ether oxygens (including phenoxy) is 1. The maximum atomic E-state index is 11.3. The van der Waals surface area contributed by atoms with Gasteiger partial charge in [0.25, 0.3) is 5.56 Å². The van der Waals surface area contributed by atoms with Crippen molar-refractivity contribution in [2.75, 3.05) is 6.61 Å². The van der Waals surface area contributed by atoms with Crippen LogP contribution in [-0.2, 0) is 12.8 Å². The lowest BCUT2D eigenvalue weighted by Crippen LogP contribution is -2.17. The lowest BCUT2D eigenvalue weighted by atomic mass is 10.1. The second-order valence-corrected chi connectivity index (χ2v) is 4.44. The highest BCUT2D eigenvalue weighted by atomic mass is 16.5. The fourth-order valence-electron chi connectivity index (χ4n) is 1.93. The number of benzene rings is 1. The molecule has 2 rings (SSSR count). The minimum Gasteiger partial charge on any atom is -0.493 e. The molecule has 0 aliphatic heterocycles. The van der Waals surface area contributed by atoms with Crippen LogP contribution in [0.15, 0.2) is 35.1 Å². The SMILES string of the molecule is CCc1ccccc1OCCc1nc(C(=O)O)cc(=O)[nH]1. The van der Waals surface area contributed by atoms with E-state index in [0.29, 0.717) is 18.9 Å². The molecule has 1 heterocycles. The Kier molecular flexibility index (Phi) is 4.71. The van der Waals surface area contributed by atoms with E-state index in [0.717, 1.165) is 23.8 Å². The van der Waals surface area contributed by atoms with Crippen molar-refractivity contribution < 1.29 is 14.6 Å². The van der Waals surface area contributed by atoms with Crippen LogP contribution in [0, 0.1) is 0 Å². The van der Waals surface area contributed by atoms with E-state index in [1.165, 1.54) is 0 Å². The smallest absolute Gasteiger partial charge is 0.354 e. The summed E-state index contributed by atoms with van der Waals surface area (Å²) >= 11 is 0. The first kappa shape index (κ1) is 14.8. The van der Waals surface area contributed by atoms with E-state index in [4.69, 9.17) is 9.84 Å². The molecule has 0 atom stereocenters. The second kappa shape index (κ2) is 6.69. The molecule has 1 aromatic heterocycles. The van der Waals surface area contributed by atoms with Crippen molar-refractivity contribution in [1.29, 1.82) is 0 Å². The number of nitrogens with one attached hydrogen (secondary N) is 1. The Bertz CT molecular complexity index is 694. The zero-order chi connectivity index (χ0) is 15.2. The number of carbonyl (C=O) groups is 1. The van der Waals surface area contributed by atoms with Crippen LogP contribution in [-0.4, -0.2) is 27.7 Å². The molecular weight excluding hydrogens is 272 g/mol. The third kappa shape index (κ3) is 3.92. The van der Waals surface area contributed by atoms with E-state index >= 15 is 0 Å². The van der Waals surface area contributed by atoms with Crippen LogP contribution in [0.5, 0.6) is 5.75 Å². The summed E-state index contributed by atoms with van der Waals surface area (Å²) in [5.74, 6) is -0.134. The predicted octanol–water partition coefficient (Wildman–Crippen LogP) is 1.65. The topological polar surface area (TPSA) is 92.3 Å². The van der Waals surface area contributed by atoms with Gasteiger partial charge in [-0.25, -0.2) is 9.78 Å². The Hall–Kier alpha value is -2.63. The van der Waals surface area contributed by atoms with Gasteiger partial charge in [-0.05, 0) is 18.1 Å². The molecular formula is C15H16N2O4. The average Bonchev–Trinajstić information content (AvgIpc) is 2.47.